The van der Waals surface area contributed by atoms with Crippen molar-refractivity contribution in [3.8, 4) is 0 Å². The zero-order chi connectivity index (χ0) is 13.0. The maximum Gasteiger partial charge on any atom is 0.425 e. The molecular weight excluding hydrogens is 256 g/mol. The van der Waals surface area contributed by atoms with E-state index in [1.54, 1.807) is 18.2 Å². The minimum absolute atomic E-state index is 0.0199. The van der Waals surface area contributed by atoms with Crippen molar-refractivity contribution in [3.05, 3.63) is 30.3 Å². The largest absolute Gasteiger partial charge is 0.425 e. The predicted molar refractivity (Wildman–Crippen MR) is 64.6 cm³/mol. The van der Waals surface area contributed by atoms with Crippen molar-refractivity contribution in [1.29, 1.82) is 0 Å². The molecular formula is C11H14N2O4S. The number of carbonyl (C=O) groups is 1. The van der Waals surface area contributed by atoms with Gasteiger partial charge in [0, 0.05) is 26.2 Å². The van der Waals surface area contributed by atoms with Crippen LogP contribution in [0, 0.1) is 0 Å². The van der Waals surface area contributed by atoms with Crippen molar-refractivity contribution in [3.63, 3.8) is 0 Å². The van der Waals surface area contributed by atoms with E-state index >= 15 is 0 Å². The number of nitrogens with one attached hydrogen (secondary N) is 1. The molecule has 2 rings (SSSR count). The quantitative estimate of drug-likeness (QED) is 0.788. The normalized spacial score (nSPS) is 16.3. The molecule has 0 unspecified atom stereocenters. The number of hydrogen-bond donors (Lipinski definition) is 1. The summed E-state index contributed by atoms with van der Waals surface area (Å²) in [5, 5.41) is 3.07. The molecule has 1 heterocycles. The molecule has 1 aromatic carbocycles. The number of piperazine rings is 1. The number of amides is 1. The Balaban J connectivity index is 2.06. The fraction of sp³-hybridized carbons (Fsp3) is 0.364. The second kappa shape index (κ2) is 5.36. The SMILES string of the molecule is O=C(OS(=O)(=O)c1ccccc1)N1CCNCC1. The zero-order valence-electron chi connectivity index (χ0n) is 9.70. The highest BCUT2D eigenvalue weighted by Gasteiger charge is 2.25. The Kier molecular flexibility index (Phi) is 3.83. The van der Waals surface area contributed by atoms with Crippen molar-refractivity contribution in [1.82, 2.24) is 10.2 Å². The van der Waals surface area contributed by atoms with E-state index in [2.05, 4.69) is 9.50 Å². The van der Waals surface area contributed by atoms with Gasteiger partial charge in [-0.15, -0.1) is 0 Å². The summed E-state index contributed by atoms with van der Waals surface area (Å²) >= 11 is 0. The molecule has 1 saturated heterocycles. The molecule has 0 atom stereocenters. The fourth-order valence-corrected chi connectivity index (χ4v) is 2.51. The Hall–Kier alpha value is -1.60. The second-order valence-electron chi connectivity index (χ2n) is 3.85. The first kappa shape index (κ1) is 12.8. The van der Waals surface area contributed by atoms with Crippen LogP contribution in [0.2, 0.25) is 0 Å². The lowest BCUT2D eigenvalue weighted by Gasteiger charge is -2.26. The van der Waals surface area contributed by atoms with Crippen LogP contribution in [-0.2, 0) is 14.3 Å². The van der Waals surface area contributed by atoms with E-state index in [0.29, 0.717) is 26.2 Å². The van der Waals surface area contributed by atoms with E-state index in [9.17, 15) is 13.2 Å². The Morgan fingerprint density at radius 1 is 1.17 bits per heavy atom. The van der Waals surface area contributed by atoms with Crippen molar-refractivity contribution in [2.24, 2.45) is 0 Å². The molecule has 18 heavy (non-hydrogen) atoms. The van der Waals surface area contributed by atoms with E-state index in [4.69, 9.17) is 0 Å². The monoisotopic (exact) mass is 270 g/mol. The van der Waals surface area contributed by atoms with Gasteiger partial charge in [0.05, 0.1) is 0 Å². The molecule has 0 spiro atoms. The number of carbonyl (C=O) groups excluding carboxylic acids is 1. The Labute approximate surface area is 106 Å². The van der Waals surface area contributed by atoms with Gasteiger partial charge < -0.3 is 14.4 Å². The van der Waals surface area contributed by atoms with Crippen molar-refractivity contribution in [2.75, 3.05) is 26.2 Å². The number of rotatable bonds is 2. The van der Waals surface area contributed by atoms with Gasteiger partial charge in [0.1, 0.15) is 4.90 Å². The summed E-state index contributed by atoms with van der Waals surface area (Å²) in [5.41, 5.74) is 0. The number of nitrogens with zero attached hydrogens (tertiary/aromatic N) is 1. The van der Waals surface area contributed by atoms with Gasteiger partial charge in [0.2, 0.25) is 0 Å². The highest BCUT2D eigenvalue weighted by atomic mass is 32.2. The summed E-state index contributed by atoms with van der Waals surface area (Å²) in [4.78, 5) is 13.0. The molecule has 1 aromatic rings. The van der Waals surface area contributed by atoms with Gasteiger partial charge in [-0.05, 0) is 12.1 Å². The van der Waals surface area contributed by atoms with E-state index in [1.807, 2.05) is 0 Å². The highest BCUT2D eigenvalue weighted by molar-refractivity contribution is 7.87. The summed E-state index contributed by atoms with van der Waals surface area (Å²) < 4.78 is 28.2. The molecule has 0 saturated carbocycles. The molecule has 1 aliphatic heterocycles. The number of hydrogen-bond acceptors (Lipinski definition) is 5. The van der Waals surface area contributed by atoms with Crippen molar-refractivity contribution in [2.45, 2.75) is 4.90 Å². The van der Waals surface area contributed by atoms with Crippen LogP contribution in [0.4, 0.5) is 4.79 Å². The van der Waals surface area contributed by atoms with Crippen molar-refractivity contribution < 1.29 is 17.4 Å². The first-order chi connectivity index (χ1) is 8.59. The second-order valence-corrected chi connectivity index (χ2v) is 5.40. The van der Waals surface area contributed by atoms with Gasteiger partial charge in [-0.25, -0.2) is 4.79 Å². The van der Waals surface area contributed by atoms with Crippen LogP contribution in [-0.4, -0.2) is 45.6 Å². The van der Waals surface area contributed by atoms with Gasteiger partial charge in [-0.2, -0.15) is 8.42 Å². The fourth-order valence-electron chi connectivity index (χ4n) is 1.63. The summed E-state index contributed by atoms with van der Waals surface area (Å²) in [7, 11) is -4.02. The molecule has 0 aliphatic carbocycles. The third kappa shape index (κ3) is 2.99. The molecule has 98 valence electrons. The highest BCUT2D eigenvalue weighted by Crippen LogP contribution is 2.13. The van der Waals surface area contributed by atoms with Gasteiger partial charge >= 0.3 is 16.2 Å². The minimum atomic E-state index is -4.02. The Morgan fingerprint density at radius 3 is 2.39 bits per heavy atom. The molecule has 0 bridgehead atoms. The third-order valence-electron chi connectivity index (χ3n) is 2.59. The lowest BCUT2D eigenvalue weighted by atomic mass is 10.4. The standard InChI is InChI=1S/C11H14N2O4S/c14-11(13-8-6-12-7-9-13)17-18(15,16)10-4-2-1-3-5-10/h1-5,12H,6-9H2. The lowest BCUT2D eigenvalue weighted by Crippen LogP contribution is -2.47. The van der Waals surface area contributed by atoms with Crippen molar-refractivity contribution >= 4 is 16.2 Å². The maximum atomic E-state index is 11.8. The van der Waals surface area contributed by atoms with Crippen LogP contribution >= 0.6 is 0 Å². The molecule has 1 aliphatic rings. The Morgan fingerprint density at radius 2 is 1.78 bits per heavy atom. The average molecular weight is 270 g/mol. The summed E-state index contributed by atoms with van der Waals surface area (Å²) in [6.45, 7) is 2.17. The van der Waals surface area contributed by atoms with Gasteiger partial charge in [-0.3, -0.25) is 0 Å². The van der Waals surface area contributed by atoms with Crippen LogP contribution in [0.3, 0.4) is 0 Å². The molecule has 0 radical (unpaired) electrons. The van der Waals surface area contributed by atoms with E-state index in [-0.39, 0.29) is 4.90 Å². The topological polar surface area (TPSA) is 75.7 Å². The van der Waals surface area contributed by atoms with E-state index in [0.717, 1.165) is 0 Å². The van der Waals surface area contributed by atoms with Crippen LogP contribution in [0.25, 0.3) is 0 Å². The molecule has 1 amide bonds. The van der Waals surface area contributed by atoms with Crippen LogP contribution in [0.1, 0.15) is 0 Å². The van der Waals surface area contributed by atoms with E-state index < -0.39 is 16.2 Å². The summed E-state index contributed by atoms with van der Waals surface area (Å²) in [6.07, 6.45) is -0.819. The van der Waals surface area contributed by atoms with Gasteiger partial charge in [0.25, 0.3) is 0 Å². The van der Waals surface area contributed by atoms with Crippen LogP contribution in [0.5, 0.6) is 0 Å². The molecule has 0 aromatic heterocycles. The van der Waals surface area contributed by atoms with Gasteiger partial charge in [0.15, 0.2) is 0 Å². The van der Waals surface area contributed by atoms with Crippen LogP contribution < -0.4 is 5.32 Å². The first-order valence-corrected chi connectivity index (χ1v) is 6.99. The molecule has 7 heteroatoms. The lowest BCUT2D eigenvalue weighted by molar-refractivity contribution is 0.148. The smallest absolute Gasteiger partial charge is 0.324 e. The van der Waals surface area contributed by atoms with E-state index in [1.165, 1.54) is 17.0 Å². The zero-order valence-corrected chi connectivity index (χ0v) is 10.5. The first-order valence-electron chi connectivity index (χ1n) is 5.59. The minimum Gasteiger partial charge on any atom is -0.324 e. The van der Waals surface area contributed by atoms with Crippen LogP contribution in [0.15, 0.2) is 35.2 Å². The average Bonchev–Trinajstić information content (AvgIpc) is 2.40. The predicted octanol–water partition coefficient (Wildman–Crippen LogP) is 0.417. The third-order valence-corrected chi connectivity index (χ3v) is 3.80. The number of benzene rings is 1. The molecule has 1 fully saturated rings. The summed E-state index contributed by atoms with van der Waals surface area (Å²) in [5.74, 6) is 0. The van der Waals surface area contributed by atoms with Gasteiger partial charge in [-0.1, -0.05) is 18.2 Å². The Bertz CT molecular complexity index is 509. The maximum absolute atomic E-state index is 11.8. The summed E-state index contributed by atoms with van der Waals surface area (Å²) in [6, 6.07) is 7.62. The molecule has 1 N–H and O–H groups in total. The molecule has 6 nitrogen and oxygen atoms in total.